The van der Waals surface area contributed by atoms with Gasteiger partial charge in [-0.15, -0.1) is 0 Å². The summed E-state index contributed by atoms with van der Waals surface area (Å²) in [5.41, 5.74) is 5.41. The Morgan fingerprint density at radius 1 is 1.27 bits per heavy atom. The molecule has 0 aliphatic carbocycles. The standard InChI is InChI=1S/C16H15N5O/c1-21-9-5-8-13(21)11-17-20-16(22)15-10-14(18-19-15)12-6-3-2-4-7-12/h2-11H,1H3,(H,18,19)(H,20,22)/b17-11-. The number of aromatic amines is 1. The van der Waals surface area contributed by atoms with Gasteiger partial charge in [-0.1, -0.05) is 30.3 Å². The third-order valence-electron chi connectivity index (χ3n) is 3.24. The average molecular weight is 293 g/mol. The molecule has 1 aromatic carbocycles. The number of carbonyl (C=O) groups is 1. The molecule has 0 spiro atoms. The molecule has 22 heavy (non-hydrogen) atoms. The summed E-state index contributed by atoms with van der Waals surface area (Å²) in [6, 6.07) is 15.2. The van der Waals surface area contributed by atoms with E-state index in [1.165, 1.54) is 0 Å². The first-order valence-corrected chi connectivity index (χ1v) is 6.79. The molecule has 0 fully saturated rings. The number of amides is 1. The molecule has 110 valence electrons. The van der Waals surface area contributed by atoms with Crippen molar-refractivity contribution in [3.63, 3.8) is 0 Å². The van der Waals surface area contributed by atoms with Crippen molar-refractivity contribution in [3.05, 3.63) is 66.1 Å². The van der Waals surface area contributed by atoms with Crippen LogP contribution in [0.25, 0.3) is 11.3 Å². The van der Waals surface area contributed by atoms with E-state index in [1.54, 1.807) is 12.3 Å². The van der Waals surface area contributed by atoms with Crippen LogP contribution < -0.4 is 5.43 Å². The van der Waals surface area contributed by atoms with Gasteiger partial charge in [0.05, 0.1) is 17.6 Å². The maximum atomic E-state index is 12.0. The van der Waals surface area contributed by atoms with Gasteiger partial charge < -0.3 is 4.57 Å². The van der Waals surface area contributed by atoms with E-state index in [0.717, 1.165) is 17.0 Å². The second-order valence-corrected chi connectivity index (χ2v) is 4.78. The van der Waals surface area contributed by atoms with Crippen molar-refractivity contribution >= 4 is 12.1 Å². The number of benzene rings is 1. The van der Waals surface area contributed by atoms with Crippen LogP contribution in [0.15, 0.2) is 59.8 Å². The molecule has 0 bridgehead atoms. The summed E-state index contributed by atoms with van der Waals surface area (Å²) in [7, 11) is 1.91. The summed E-state index contributed by atoms with van der Waals surface area (Å²) >= 11 is 0. The van der Waals surface area contributed by atoms with Crippen LogP contribution in [0.5, 0.6) is 0 Å². The third-order valence-corrected chi connectivity index (χ3v) is 3.24. The number of H-pyrrole nitrogens is 1. The normalized spacial score (nSPS) is 11.0. The molecule has 2 N–H and O–H groups in total. The van der Waals surface area contributed by atoms with Crippen LogP contribution in [0.4, 0.5) is 0 Å². The Hall–Kier alpha value is -3.15. The Kier molecular flexibility index (Phi) is 3.82. The Bertz CT molecular complexity index is 801. The smallest absolute Gasteiger partial charge is 0.289 e. The first kappa shape index (κ1) is 13.8. The van der Waals surface area contributed by atoms with Gasteiger partial charge in [-0.05, 0) is 18.2 Å². The van der Waals surface area contributed by atoms with E-state index in [0.29, 0.717) is 5.69 Å². The van der Waals surface area contributed by atoms with Crippen molar-refractivity contribution < 1.29 is 4.79 Å². The maximum Gasteiger partial charge on any atom is 0.289 e. The highest BCUT2D eigenvalue weighted by Crippen LogP contribution is 2.16. The van der Waals surface area contributed by atoms with Gasteiger partial charge in [0.25, 0.3) is 5.91 Å². The molecular weight excluding hydrogens is 278 g/mol. The summed E-state index contributed by atoms with van der Waals surface area (Å²) in [5, 5.41) is 10.8. The van der Waals surface area contributed by atoms with Crippen LogP contribution in [0.1, 0.15) is 16.2 Å². The average Bonchev–Trinajstić information content (AvgIpc) is 3.18. The lowest BCUT2D eigenvalue weighted by Crippen LogP contribution is -2.18. The number of hydrazone groups is 1. The van der Waals surface area contributed by atoms with E-state index >= 15 is 0 Å². The lowest BCUT2D eigenvalue weighted by atomic mass is 10.1. The minimum absolute atomic E-state index is 0.333. The zero-order valence-corrected chi connectivity index (χ0v) is 12.0. The van der Waals surface area contributed by atoms with Gasteiger partial charge in [-0.3, -0.25) is 9.89 Å². The minimum atomic E-state index is -0.333. The molecule has 0 saturated heterocycles. The van der Waals surface area contributed by atoms with Gasteiger partial charge in [0, 0.05) is 18.8 Å². The molecule has 3 rings (SSSR count). The molecular formula is C16H15N5O. The topological polar surface area (TPSA) is 75.1 Å². The van der Waals surface area contributed by atoms with Crippen molar-refractivity contribution in [2.75, 3.05) is 0 Å². The Morgan fingerprint density at radius 3 is 2.82 bits per heavy atom. The summed E-state index contributed by atoms with van der Waals surface area (Å²) in [6.07, 6.45) is 3.50. The molecule has 6 nitrogen and oxygen atoms in total. The molecule has 2 heterocycles. The Balaban J connectivity index is 1.67. The summed E-state index contributed by atoms with van der Waals surface area (Å²) < 4.78 is 1.90. The van der Waals surface area contributed by atoms with Gasteiger partial charge >= 0.3 is 0 Å². The minimum Gasteiger partial charge on any atom is -0.350 e. The second-order valence-electron chi connectivity index (χ2n) is 4.78. The summed E-state index contributed by atoms with van der Waals surface area (Å²) in [6.45, 7) is 0. The highest BCUT2D eigenvalue weighted by molar-refractivity contribution is 5.94. The molecule has 3 aromatic rings. The molecule has 0 unspecified atom stereocenters. The largest absolute Gasteiger partial charge is 0.350 e. The van der Waals surface area contributed by atoms with E-state index < -0.39 is 0 Å². The Morgan fingerprint density at radius 2 is 2.09 bits per heavy atom. The van der Waals surface area contributed by atoms with E-state index in [9.17, 15) is 4.79 Å². The van der Waals surface area contributed by atoms with Crippen molar-refractivity contribution in [2.24, 2.45) is 12.1 Å². The fraction of sp³-hybridized carbons (Fsp3) is 0.0625. The van der Waals surface area contributed by atoms with E-state index in [2.05, 4.69) is 20.7 Å². The van der Waals surface area contributed by atoms with Gasteiger partial charge in [0.2, 0.25) is 0 Å². The molecule has 6 heteroatoms. The number of aryl methyl sites for hydroxylation is 1. The lowest BCUT2D eigenvalue weighted by Gasteiger charge is -1.97. The second kappa shape index (κ2) is 6.09. The SMILES string of the molecule is Cn1cccc1/C=N\NC(=O)c1cc(-c2ccccc2)n[nH]1. The molecule has 0 atom stereocenters. The van der Waals surface area contributed by atoms with E-state index in [1.807, 2.05) is 60.3 Å². The molecule has 0 aliphatic heterocycles. The first-order chi connectivity index (χ1) is 10.7. The monoisotopic (exact) mass is 293 g/mol. The highest BCUT2D eigenvalue weighted by Gasteiger charge is 2.09. The highest BCUT2D eigenvalue weighted by atomic mass is 16.2. The molecule has 0 saturated carbocycles. The third kappa shape index (κ3) is 2.95. The van der Waals surface area contributed by atoms with E-state index in [-0.39, 0.29) is 5.91 Å². The summed E-state index contributed by atoms with van der Waals surface area (Å²) in [4.78, 5) is 12.0. The van der Waals surface area contributed by atoms with Crippen LogP contribution in [-0.4, -0.2) is 26.9 Å². The number of nitrogens with one attached hydrogen (secondary N) is 2. The van der Waals surface area contributed by atoms with Crippen molar-refractivity contribution in [2.45, 2.75) is 0 Å². The molecule has 0 radical (unpaired) electrons. The van der Waals surface area contributed by atoms with Crippen molar-refractivity contribution in [1.29, 1.82) is 0 Å². The van der Waals surface area contributed by atoms with Gasteiger partial charge in [-0.2, -0.15) is 10.2 Å². The van der Waals surface area contributed by atoms with Crippen LogP contribution >= 0.6 is 0 Å². The Labute approximate surface area is 127 Å². The number of carbonyl (C=O) groups excluding carboxylic acids is 1. The number of hydrogen-bond donors (Lipinski definition) is 2. The summed E-state index contributed by atoms with van der Waals surface area (Å²) in [5.74, 6) is -0.333. The van der Waals surface area contributed by atoms with Crippen LogP contribution in [0.2, 0.25) is 0 Å². The molecule has 0 aliphatic rings. The number of aromatic nitrogens is 3. The predicted molar refractivity (Wildman–Crippen MR) is 84.5 cm³/mol. The van der Waals surface area contributed by atoms with Gasteiger partial charge in [0.15, 0.2) is 0 Å². The van der Waals surface area contributed by atoms with Crippen molar-refractivity contribution in [1.82, 2.24) is 20.2 Å². The van der Waals surface area contributed by atoms with Gasteiger partial charge in [-0.25, -0.2) is 5.43 Å². The lowest BCUT2D eigenvalue weighted by molar-refractivity contribution is 0.0950. The van der Waals surface area contributed by atoms with Crippen molar-refractivity contribution in [3.8, 4) is 11.3 Å². The molecule has 1 amide bonds. The van der Waals surface area contributed by atoms with Crippen LogP contribution in [0, 0.1) is 0 Å². The van der Waals surface area contributed by atoms with Gasteiger partial charge in [0.1, 0.15) is 5.69 Å². The van der Waals surface area contributed by atoms with E-state index in [4.69, 9.17) is 0 Å². The molecule has 2 aromatic heterocycles. The first-order valence-electron chi connectivity index (χ1n) is 6.79. The predicted octanol–water partition coefficient (Wildman–Crippen LogP) is 2.18. The number of hydrogen-bond acceptors (Lipinski definition) is 3. The van der Waals surface area contributed by atoms with Crippen LogP contribution in [-0.2, 0) is 7.05 Å². The fourth-order valence-corrected chi connectivity index (χ4v) is 2.02. The number of nitrogens with zero attached hydrogens (tertiary/aromatic N) is 3. The van der Waals surface area contributed by atoms with Crippen LogP contribution in [0.3, 0.4) is 0 Å². The zero-order chi connectivity index (χ0) is 15.4. The fourth-order valence-electron chi connectivity index (χ4n) is 2.02. The number of rotatable bonds is 4. The maximum absolute atomic E-state index is 12.0. The zero-order valence-electron chi connectivity index (χ0n) is 12.0. The quantitative estimate of drug-likeness (QED) is 0.571.